The van der Waals surface area contributed by atoms with Gasteiger partial charge in [0.1, 0.15) is 5.75 Å². The largest absolute Gasteiger partial charge is 0.482 e. The number of hydrogen-bond acceptors (Lipinski definition) is 5. The molecule has 0 fully saturated rings. The average Bonchev–Trinajstić information content (AvgIpc) is 2.84. The summed E-state index contributed by atoms with van der Waals surface area (Å²) >= 11 is 0. The maximum absolute atomic E-state index is 12.5. The number of nitrogens with zero attached hydrogens (tertiary/aromatic N) is 1. The van der Waals surface area contributed by atoms with Crippen molar-refractivity contribution in [2.24, 2.45) is 5.92 Å². The van der Waals surface area contributed by atoms with Crippen LogP contribution in [0.5, 0.6) is 5.75 Å². The highest BCUT2D eigenvalue weighted by Crippen LogP contribution is 2.31. The standard InChI is InChI=1S/C20H27NO5/c1-6-24-18(22)12-26-15-8-9-17-16(10-15)19(20(23)25-7-2)14(5)21(17)11-13(3)4/h8-10,13H,6-7,11-12H2,1-5H3. The smallest absolute Gasteiger partial charge is 0.344 e. The van der Waals surface area contributed by atoms with Gasteiger partial charge in [0.15, 0.2) is 6.61 Å². The molecule has 0 aliphatic rings. The van der Waals surface area contributed by atoms with E-state index >= 15 is 0 Å². The molecule has 0 unspecified atom stereocenters. The molecule has 1 aromatic carbocycles. The normalized spacial score (nSPS) is 11.0. The summed E-state index contributed by atoms with van der Waals surface area (Å²) in [5.74, 6) is 0.170. The van der Waals surface area contributed by atoms with Crippen molar-refractivity contribution in [3.8, 4) is 5.75 Å². The lowest BCUT2D eigenvalue weighted by molar-refractivity contribution is -0.145. The Bertz CT molecular complexity index is 791. The van der Waals surface area contributed by atoms with Gasteiger partial charge >= 0.3 is 11.9 Å². The summed E-state index contributed by atoms with van der Waals surface area (Å²) in [6.07, 6.45) is 0. The van der Waals surface area contributed by atoms with Crippen molar-refractivity contribution in [1.82, 2.24) is 4.57 Å². The van der Waals surface area contributed by atoms with Crippen LogP contribution in [-0.2, 0) is 20.8 Å². The molecule has 0 saturated heterocycles. The lowest BCUT2D eigenvalue weighted by atomic mass is 10.1. The second kappa shape index (κ2) is 8.74. The van der Waals surface area contributed by atoms with Gasteiger partial charge in [-0.2, -0.15) is 0 Å². The van der Waals surface area contributed by atoms with Crippen LogP contribution in [0.25, 0.3) is 10.9 Å². The molecule has 142 valence electrons. The van der Waals surface area contributed by atoms with Crippen LogP contribution in [0.15, 0.2) is 18.2 Å². The molecule has 26 heavy (non-hydrogen) atoms. The number of aromatic nitrogens is 1. The van der Waals surface area contributed by atoms with Crippen LogP contribution in [0.2, 0.25) is 0 Å². The van der Waals surface area contributed by atoms with Crippen molar-refractivity contribution in [1.29, 1.82) is 0 Å². The molecule has 0 radical (unpaired) electrons. The lowest BCUT2D eigenvalue weighted by Gasteiger charge is -2.11. The van der Waals surface area contributed by atoms with Gasteiger partial charge in [-0.25, -0.2) is 9.59 Å². The number of esters is 2. The van der Waals surface area contributed by atoms with E-state index in [2.05, 4.69) is 18.4 Å². The summed E-state index contributed by atoms with van der Waals surface area (Å²) < 4.78 is 17.8. The van der Waals surface area contributed by atoms with Gasteiger partial charge in [-0.05, 0) is 44.9 Å². The monoisotopic (exact) mass is 361 g/mol. The van der Waals surface area contributed by atoms with Crippen LogP contribution in [0.4, 0.5) is 0 Å². The quantitative estimate of drug-likeness (QED) is 0.670. The molecule has 0 N–H and O–H groups in total. The van der Waals surface area contributed by atoms with Gasteiger partial charge in [-0.3, -0.25) is 0 Å². The first kappa shape index (κ1) is 19.8. The second-order valence-corrected chi connectivity index (χ2v) is 6.46. The van der Waals surface area contributed by atoms with E-state index in [9.17, 15) is 9.59 Å². The number of hydrogen-bond donors (Lipinski definition) is 0. The summed E-state index contributed by atoms with van der Waals surface area (Å²) in [6, 6.07) is 5.49. The molecule has 6 nitrogen and oxygen atoms in total. The SMILES string of the molecule is CCOC(=O)COc1ccc2c(c1)c(C(=O)OCC)c(C)n2CC(C)C. The third kappa shape index (κ3) is 4.36. The number of fused-ring (bicyclic) bond motifs is 1. The van der Waals surface area contributed by atoms with Crippen LogP contribution in [0, 0.1) is 12.8 Å². The highest BCUT2D eigenvalue weighted by molar-refractivity contribution is 6.06. The van der Waals surface area contributed by atoms with Crippen molar-refractivity contribution in [2.75, 3.05) is 19.8 Å². The maximum Gasteiger partial charge on any atom is 0.344 e. The topological polar surface area (TPSA) is 66.8 Å². The maximum atomic E-state index is 12.5. The minimum atomic E-state index is -0.424. The summed E-state index contributed by atoms with van der Waals surface area (Å²) in [6.45, 7) is 11.0. The van der Waals surface area contributed by atoms with Gasteiger partial charge in [0.05, 0.1) is 18.8 Å². The Morgan fingerprint density at radius 1 is 1.12 bits per heavy atom. The molecule has 0 aliphatic heterocycles. The number of benzene rings is 1. The Morgan fingerprint density at radius 2 is 1.81 bits per heavy atom. The Morgan fingerprint density at radius 3 is 2.42 bits per heavy atom. The van der Waals surface area contributed by atoms with Crippen LogP contribution in [0.3, 0.4) is 0 Å². The van der Waals surface area contributed by atoms with E-state index in [1.807, 2.05) is 13.0 Å². The molecule has 2 aromatic rings. The van der Waals surface area contributed by atoms with Crippen LogP contribution in [-0.4, -0.2) is 36.3 Å². The van der Waals surface area contributed by atoms with Crippen molar-refractivity contribution in [3.05, 3.63) is 29.5 Å². The molecule has 2 rings (SSSR count). The van der Waals surface area contributed by atoms with Gasteiger partial charge in [0, 0.05) is 23.1 Å². The number of rotatable bonds is 8. The molecular weight excluding hydrogens is 334 g/mol. The van der Waals surface area contributed by atoms with Crippen molar-refractivity contribution in [2.45, 2.75) is 41.2 Å². The molecule has 6 heteroatoms. The van der Waals surface area contributed by atoms with E-state index in [-0.39, 0.29) is 12.6 Å². The van der Waals surface area contributed by atoms with Gasteiger partial charge < -0.3 is 18.8 Å². The molecule has 0 amide bonds. The number of carbonyl (C=O) groups excluding carboxylic acids is 2. The average molecular weight is 361 g/mol. The van der Waals surface area contributed by atoms with Crippen molar-refractivity contribution >= 4 is 22.8 Å². The Labute approximate surface area is 154 Å². The molecule has 1 aromatic heterocycles. The fraction of sp³-hybridized carbons (Fsp3) is 0.500. The van der Waals surface area contributed by atoms with E-state index in [1.165, 1.54) is 0 Å². The first-order valence-corrected chi connectivity index (χ1v) is 8.97. The Hall–Kier alpha value is -2.50. The number of carbonyl (C=O) groups is 2. The van der Waals surface area contributed by atoms with E-state index in [0.29, 0.717) is 30.4 Å². The third-order valence-electron chi connectivity index (χ3n) is 3.98. The predicted octanol–water partition coefficient (Wildman–Crippen LogP) is 3.72. The van der Waals surface area contributed by atoms with Gasteiger partial charge in [-0.15, -0.1) is 0 Å². The highest BCUT2D eigenvalue weighted by Gasteiger charge is 2.22. The summed E-state index contributed by atoms with van der Waals surface area (Å²) in [5.41, 5.74) is 2.36. The van der Waals surface area contributed by atoms with Crippen LogP contribution in [0.1, 0.15) is 43.7 Å². The molecule has 0 spiro atoms. The molecule has 0 bridgehead atoms. The van der Waals surface area contributed by atoms with E-state index in [1.54, 1.807) is 26.0 Å². The van der Waals surface area contributed by atoms with E-state index in [4.69, 9.17) is 14.2 Å². The molecular formula is C20H27NO5. The minimum Gasteiger partial charge on any atom is -0.482 e. The van der Waals surface area contributed by atoms with Crippen molar-refractivity contribution < 1.29 is 23.8 Å². The summed E-state index contributed by atoms with van der Waals surface area (Å²) in [4.78, 5) is 24.0. The fourth-order valence-electron chi connectivity index (χ4n) is 2.96. The first-order chi connectivity index (χ1) is 12.4. The fourth-order valence-corrected chi connectivity index (χ4v) is 2.96. The van der Waals surface area contributed by atoms with Gasteiger partial charge in [0.25, 0.3) is 0 Å². The van der Waals surface area contributed by atoms with Gasteiger partial charge in [-0.1, -0.05) is 13.8 Å². The molecule has 0 saturated carbocycles. The first-order valence-electron chi connectivity index (χ1n) is 8.97. The van der Waals surface area contributed by atoms with Crippen LogP contribution < -0.4 is 4.74 Å². The Kier molecular flexibility index (Phi) is 6.66. The van der Waals surface area contributed by atoms with E-state index in [0.717, 1.165) is 23.1 Å². The third-order valence-corrected chi connectivity index (χ3v) is 3.98. The van der Waals surface area contributed by atoms with Crippen LogP contribution >= 0.6 is 0 Å². The molecule has 0 atom stereocenters. The minimum absolute atomic E-state index is 0.167. The summed E-state index contributed by atoms with van der Waals surface area (Å²) in [5, 5.41) is 0.767. The lowest BCUT2D eigenvalue weighted by Crippen LogP contribution is -2.14. The molecule has 1 heterocycles. The summed E-state index contributed by atoms with van der Waals surface area (Å²) in [7, 11) is 0. The molecule has 0 aliphatic carbocycles. The second-order valence-electron chi connectivity index (χ2n) is 6.46. The predicted molar refractivity (Wildman–Crippen MR) is 99.6 cm³/mol. The zero-order chi connectivity index (χ0) is 19.3. The number of ether oxygens (including phenoxy) is 3. The zero-order valence-electron chi connectivity index (χ0n) is 16.1. The zero-order valence-corrected chi connectivity index (χ0v) is 16.1. The van der Waals surface area contributed by atoms with Crippen molar-refractivity contribution in [3.63, 3.8) is 0 Å². The highest BCUT2D eigenvalue weighted by atomic mass is 16.6. The van der Waals surface area contributed by atoms with Gasteiger partial charge in [0.2, 0.25) is 0 Å². The Balaban J connectivity index is 2.45. The van der Waals surface area contributed by atoms with E-state index < -0.39 is 5.97 Å².